The summed E-state index contributed by atoms with van der Waals surface area (Å²) in [7, 11) is 0. The highest BCUT2D eigenvalue weighted by Crippen LogP contribution is 2.14. The number of anilines is 1. The Morgan fingerprint density at radius 1 is 1.00 bits per heavy atom. The first-order chi connectivity index (χ1) is 12.0. The number of esters is 1. The quantitative estimate of drug-likeness (QED) is 0.560. The molecule has 0 saturated carbocycles. The molecule has 0 aliphatic carbocycles. The molecule has 0 heterocycles. The Hall–Kier alpha value is -2.47. The van der Waals surface area contributed by atoms with Gasteiger partial charge in [-0.1, -0.05) is 46.3 Å². The number of nitrogens with one attached hydrogen (secondary N) is 1. The van der Waals surface area contributed by atoms with Crippen molar-refractivity contribution in [3.8, 4) is 0 Å². The van der Waals surface area contributed by atoms with Crippen molar-refractivity contribution < 1.29 is 19.1 Å². The van der Waals surface area contributed by atoms with E-state index in [1.807, 2.05) is 0 Å². The van der Waals surface area contributed by atoms with Crippen molar-refractivity contribution in [1.29, 1.82) is 0 Å². The highest BCUT2D eigenvalue weighted by Gasteiger charge is 2.19. The van der Waals surface area contributed by atoms with E-state index < -0.39 is 12.1 Å². The number of Topliss-reactive ketones (excluding diaryl/α,β-unsaturated/α-hetero) is 1. The van der Waals surface area contributed by atoms with Gasteiger partial charge in [-0.25, -0.2) is 0 Å². The summed E-state index contributed by atoms with van der Waals surface area (Å²) in [6.45, 7) is 1.52. The van der Waals surface area contributed by atoms with Crippen LogP contribution in [0.25, 0.3) is 0 Å². The van der Waals surface area contributed by atoms with Crippen molar-refractivity contribution in [2.24, 2.45) is 0 Å². The van der Waals surface area contributed by atoms with E-state index in [0.717, 1.165) is 4.47 Å². The molecule has 0 aromatic heterocycles. The van der Waals surface area contributed by atoms with E-state index in [1.54, 1.807) is 54.6 Å². The summed E-state index contributed by atoms with van der Waals surface area (Å²) in [5.74, 6) is -1.14. The number of ether oxygens (including phenoxy) is 1. The number of hydrogen-bond acceptors (Lipinski definition) is 4. The van der Waals surface area contributed by atoms with Crippen LogP contribution in [0.3, 0.4) is 0 Å². The summed E-state index contributed by atoms with van der Waals surface area (Å²) in [5.41, 5.74) is 1.13. The van der Waals surface area contributed by atoms with Crippen LogP contribution >= 0.6 is 15.9 Å². The largest absolute Gasteiger partial charge is 0.454 e. The van der Waals surface area contributed by atoms with Gasteiger partial charge in [-0.15, -0.1) is 0 Å². The first-order valence-corrected chi connectivity index (χ1v) is 8.59. The lowest BCUT2D eigenvalue weighted by Gasteiger charge is -2.12. The second kappa shape index (κ2) is 9.13. The summed E-state index contributed by atoms with van der Waals surface area (Å²) in [6.07, 6.45) is -0.986. The Balaban J connectivity index is 1.77. The standard InChI is InChI=1S/C19H18BrNO4/c1-13(19(24)14-5-3-2-4-6-14)25-18(23)12-11-17(22)21-16-9-7-15(20)8-10-16/h2-10,13H,11-12H2,1H3,(H,21,22). The topological polar surface area (TPSA) is 72.5 Å². The molecule has 0 aliphatic rings. The molecule has 0 radical (unpaired) electrons. The van der Waals surface area contributed by atoms with Crippen LogP contribution < -0.4 is 5.32 Å². The van der Waals surface area contributed by atoms with Gasteiger partial charge in [-0.05, 0) is 31.2 Å². The average Bonchev–Trinajstić information content (AvgIpc) is 2.62. The molecule has 0 saturated heterocycles. The minimum atomic E-state index is -0.885. The van der Waals surface area contributed by atoms with Crippen LogP contribution in [0.2, 0.25) is 0 Å². The molecule has 0 aliphatic heterocycles. The average molecular weight is 404 g/mol. The molecule has 1 atom stereocenters. The molecule has 0 fully saturated rings. The minimum absolute atomic E-state index is 0.0128. The number of carbonyl (C=O) groups is 3. The van der Waals surface area contributed by atoms with Crippen LogP contribution in [0.5, 0.6) is 0 Å². The molecule has 2 aromatic rings. The van der Waals surface area contributed by atoms with Gasteiger partial charge >= 0.3 is 5.97 Å². The summed E-state index contributed by atoms with van der Waals surface area (Å²) in [5, 5.41) is 2.69. The van der Waals surface area contributed by atoms with Gasteiger partial charge in [0.15, 0.2) is 6.10 Å². The van der Waals surface area contributed by atoms with Crippen molar-refractivity contribution in [3.05, 3.63) is 64.6 Å². The van der Waals surface area contributed by atoms with E-state index in [4.69, 9.17) is 4.74 Å². The Labute approximate surface area is 154 Å². The van der Waals surface area contributed by atoms with Crippen molar-refractivity contribution >= 4 is 39.3 Å². The van der Waals surface area contributed by atoms with Crippen LogP contribution in [-0.2, 0) is 14.3 Å². The first kappa shape index (κ1) is 18.9. The van der Waals surface area contributed by atoms with E-state index in [0.29, 0.717) is 11.3 Å². The summed E-state index contributed by atoms with van der Waals surface area (Å²) in [4.78, 5) is 35.8. The molecule has 2 aromatic carbocycles. The smallest absolute Gasteiger partial charge is 0.307 e. The number of carbonyl (C=O) groups excluding carboxylic acids is 3. The van der Waals surface area contributed by atoms with Crippen molar-refractivity contribution in [3.63, 3.8) is 0 Å². The molecule has 1 N–H and O–H groups in total. The maximum Gasteiger partial charge on any atom is 0.307 e. The Kier molecular flexibility index (Phi) is 6.89. The second-order valence-corrected chi connectivity index (χ2v) is 6.33. The third-order valence-electron chi connectivity index (χ3n) is 3.42. The summed E-state index contributed by atoms with van der Waals surface area (Å²) >= 11 is 3.31. The predicted molar refractivity (Wildman–Crippen MR) is 98.3 cm³/mol. The summed E-state index contributed by atoms with van der Waals surface area (Å²) < 4.78 is 6.02. The number of rotatable bonds is 7. The van der Waals surface area contributed by atoms with Crippen LogP contribution in [0.4, 0.5) is 5.69 Å². The molecule has 130 valence electrons. The third kappa shape index (κ3) is 6.15. The monoisotopic (exact) mass is 403 g/mol. The van der Waals surface area contributed by atoms with E-state index in [9.17, 15) is 14.4 Å². The number of ketones is 1. The molecule has 2 rings (SSSR count). The highest BCUT2D eigenvalue weighted by atomic mass is 79.9. The Morgan fingerprint density at radius 3 is 2.28 bits per heavy atom. The molecular formula is C19H18BrNO4. The normalized spacial score (nSPS) is 11.4. The lowest BCUT2D eigenvalue weighted by Crippen LogP contribution is -2.25. The van der Waals surface area contributed by atoms with Crippen molar-refractivity contribution in [1.82, 2.24) is 0 Å². The van der Waals surface area contributed by atoms with Gasteiger partial charge in [0.05, 0.1) is 6.42 Å². The number of halogens is 1. The molecule has 5 nitrogen and oxygen atoms in total. The Bertz CT molecular complexity index is 744. The van der Waals surface area contributed by atoms with Gasteiger partial charge in [0.25, 0.3) is 0 Å². The highest BCUT2D eigenvalue weighted by molar-refractivity contribution is 9.10. The lowest BCUT2D eigenvalue weighted by atomic mass is 10.1. The van der Waals surface area contributed by atoms with Crippen molar-refractivity contribution in [2.75, 3.05) is 5.32 Å². The predicted octanol–water partition coefficient (Wildman–Crippen LogP) is 3.98. The molecular weight excluding hydrogens is 386 g/mol. The molecule has 1 amide bonds. The molecule has 0 bridgehead atoms. The summed E-state index contributed by atoms with van der Waals surface area (Å²) in [6, 6.07) is 15.7. The fraction of sp³-hybridized carbons (Fsp3) is 0.211. The number of benzene rings is 2. The third-order valence-corrected chi connectivity index (χ3v) is 3.95. The Morgan fingerprint density at radius 2 is 1.64 bits per heavy atom. The van der Waals surface area contributed by atoms with Crippen molar-refractivity contribution in [2.45, 2.75) is 25.9 Å². The van der Waals surface area contributed by atoms with Gasteiger partial charge in [-0.2, -0.15) is 0 Å². The van der Waals surface area contributed by atoms with Crippen LogP contribution in [0.1, 0.15) is 30.1 Å². The second-order valence-electron chi connectivity index (χ2n) is 5.42. The van der Waals surface area contributed by atoms with E-state index in [2.05, 4.69) is 21.2 Å². The molecule has 25 heavy (non-hydrogen) atoms. The zero-order chi connectivity index (χ0) is 18.2. The van der Waals surface area contributed by atoms with E-state index in [-0.39, 0.29) is 24.5 Å². The van der Waals surface area contributed by atoms with E-state index in [1.165, 1.54) is 6.92 Å². The molecule has 1 unspecified atom stereocenters. The van der Waals surface area contributed by atoms with Gasteiger partial charge in [0.1, 0.15) is 0 Å². The number of hydrogen-bond donors (Lipinski definition) is 1. The van der Waals surface area contributed by atoms with Crippen LogP contribution in [0.15, 0.2) is 59.1 Å². The van der Waals surface area contributed by atoms with Gasteiger partial charge in [0.2, 0.25) is 11.7 Å². The van der Waals surface area contributed by atoms with Gasteiger partial charge in [0, 0.05) is 22.1 Å². The maximum absolute atomic E-state index is 12.1. The maximum atomic E-state index is 12.1. The zero-order valence-electron chi connectivity index (χ0n) is 13.7. The van der Waals surface area contributed by atoms with Crippen LogP contribution in [-0.4, -0.2) is 23.8 Å². The van der Waals surface area contributed by atoms with Gasteiger partial charge < -0.3 is 10.1 Å². The fourth-order valence-electron chi connectivity index (χ4n) is 2.12. The molecule has 6 heteroatoms. The van der Waals surface area contributed by atoms with Gasteiger partial charge in [-0.3, -0.25) is 14.4 Å². The first-order valence-electron chi connectivity index (χ1n) is 7.80. The zero-order valence-corrected chi connectivity index (χ0v) is 15.3. The van der Waals surface area contributed by atoms with E-state index >= 15 is 0 Å². The SMILES string of the molecule is CC(OC(=O)CCC(=O)Nc1ccc(Br)cc1)C(=O)c1ccccc1. The fourth-order valence-corrected chi connectivity index (χ4v) is 2.38. The number of amides is 1. The molecule has 0 spiro atoms. The van der Waals surface area contributed by atoms with Crippen LogP contribution in [0, 0.1) is 0 Å². The minimum Gasteiger partial charge on any atom is -0.454 e. The lowest BCUT2D eigenvalue weighted by molar-refractivity contribution is -0.147.